The molecule has 2 aromatic heterocycles. The molecule has 1 N–H and O–H groups in total. The lowest BCUT2D eigenvalue weighted by molar-refractivity contribution is 1.22. The number of thiazole rings is 1. The van der Waals surface area contributed by atoms with Crippen LogP contribution in [0.4, 0.5) is 0 Å². The second-order valence-electron chi connectivity index (χ2n) is 2.69. The lowest BCUT2D eigenvalue weighted by atomic mass is 10.2. The van der Waals surface area contributed by atoms with Gasteiger partial charge in [0.05, 0.1) is 10.7 Å². The lowest BCUT2D eigenvalue weighted by Crippen LogP contribution is -2.01. The fourth-order valence-electron chi connectivity index (χ4n) is 1.07. The van der Waals surface area contributed by atoms with Gasteiger partial charge in [0.25, 0.3) is 0 Å². The van der Waals surface area contributed by atoms with Crippen molar-refractivity contribution in [2.75, 3.05) is 0 Å². The van der Waals surface area contributed by atoms with Gasteiger partial charge in [0, 0.05) is 23.2 Å². The second kappa shape index (κ2) is 3.14. The molecule has 0 aromatic carbocycles. The summed E-state index contributed by atoms with van der Waals surface area (Å²) < 4.78 is 0. The maximum atomic E-state index is 10.8. The van der Waals surface area contributed by atoms with Crippen LogP contribution in [0.5, 0.6) is 0 Å². The maximum absolute atomic E-state index is 10.8. The normalized spacial score (nSPS) is 10.2. The summed E-state index contributed by atoms with van der Waals surface area (Å²) in [6, 6.07) is 3.28. The van der Waals surface area contributed by atoms with Gasteiger partial charge in [-0.2, -0.15) is 0 Å². The predicted molar refractivity (Wildman–Crippen MR) is 52.9 cm³/mol. The highest BCUT2D eigenvalue weighted by Crippen LogP contribution is 2.19. The zero-order valence-corrected chi connectivity index (χ0v) is 7.89. The Labute approximate surface area is 79.1 Å². The summed E-state index contributed by atoms with van der Waals surface area (Å²) in [5.41, 5.74) is 1.78. The molecule has 0 unspecified atom stereocenters. The molecule has 3 nitrogen and oxygen atoms in total. The number of H-pyrrole nitrogens is 1. The lowest BCUT2D eigenvalue weighted by Gasteiger charge is -1.92. The predicted octanol–water partition coefficient (Wildman–Crippen LogP) is 1.81. The Hall–Kier alpha value is -1.42. The molecule has 0 aliphatic heterocycles. The number of nitrogens with one attached hydrogen (secondary N) is 1. The summed E-state index contributed by atoms with van der Waals surface area (Å²) in [5.74, 6) is 0. The summed E-state index contributed by atoms with van der Waals surface area (Å²) in [7, 11) is 0. The largest absolute Gasteiger partial charge is 0.328 e. The van der Waals surface area contributed by atoms with E-state index in [2.05, 4.69) is 9.97 Å². The van der Waals surface area contributed by atoms with Crippen LogP contribution >= 0.6 is 11.3 Å². The SMILES string of the molecule is Cc1nc(-c2ccc(=O)[nH]c2)cs1. The van der Waals surface area contributed by atoms with Crippen LogP contribution in [-0.2, 0) is 0 Å². The van der Waals surface area contributed by atoms with E-state index in [1.165, 1.54) is 6.07 Å². The van der Waals surface area contributed by atoms with E-state index in [1.807, 2.05) is 12.3 Å². The highest BCUT2D eigenvalue weighted by Gasteiger charge is 2.00. The molecular formula is C9H8N2OS. The van der Waals surface area contributed by atoms with Crippen LogP contribution in [0.3, 0.4) is 0 Å². The smallest absolute Gasteiger partial charge is 0.247 e. The molecule has 0 saturated carbocycles. The van der Waals surface area contributed by atoms with Crippen LogP contribution in [0.1, 0.15) is 5.01 Å². The van der Waals surface area contributed by atoms with Gasteiger partial charge in [-0.05, 0) is 13.0 Å². The van der Waals surface area contributed by atoms with E-state index < -0.39 is 0 Å². The summed E-state index contributed by atoms with van der Waals surface area (Å²) in [4.78, 5) is 17.7. The average molecular weight is 192 g/mol. The summed E-state index contributed by atoms with van der Waals surface area (Å²) in [5, 5.41) is 3.00. The summed E-state index contributed by atoms with van der Waals surface area (Å²) in [6.07, 6.45) is 1.68. The molecule has 13 heavy (non-hydrogen) atoms. The Morgan fingerprint density at radius 2 is 2.31 bits per heavy atom. The zero-order valence-electron chi connectivity index (χ0n) is 7.07. The molecule has 2 rings (SSSR count). The molecule has 0 amide bonds. The number of hydrogen-bond acceptors (Lipinski definition) is 3. The Morgan fingerprint density at radius 1 is 1.46 bits per heavy atom. The standard InChI is InChI=1S/C9H8N2OS/c1-6-11-8(5-13-6)7-2-3-9(12)10-4-7/h2-5H,1H3,(H,10,12). The van der Waals surface area contributed by atoms with Gasteiger partial charge in [0.15, 0.2) is 0 Å². The highest BCUT2D eigenvalue weighted by molar-refractivity contribution is 7.09. The van der Waals surface area contributed by atoms with E-state index in [0.717, 1.165) is 16.3 Å². The molecule has 0 aliphatic carbocycles. The monoisotopic (exact) mass is 192 g/mol. The Kier molecular flexibility index (Phi) is 1.98. The first-order valence-electron chi connectivity index (χ1n) is 3.87. The third-order valence-corrected chi connectivity index (χ3v) is 2.47. The number of hydrogen-bond donors (Lipinski definition) is 1. The molecule has 2 heterocycles. The van der Waals surface area contributed by atoms with Crippen molar-refractivity contribution in [1.82, 2.24) is 9.97 Å². The number of rotatable bonds is 1. The molecule has 0 fully saturated rings. The van der Waals surface area contributed by atoms with E-state index in [0.29, 0.717) is 0 Å². The minimum atomic E-state index is -0.0873. The number of nitrogens with zero attached hydrogens (tertiary/aromatic N) is 1. The minimum absolute atomic E-state index is 0.0873. The van der Waals surface area contributed by atoms with Crippen molar-refractivity contribution in [3.8, 4) is 11.3 Å². The topological polar surface area (TPSA) is 45.8 Å². The van der Waals surface area contributed by atoms with Gasteiger partial charge in [0.1, 0.15) is 0 Å². The third kappa shape index (κ3) is 1.67. The van der Waals surface area contributed by atoms with Crippen LogP contribution in [0.25, 0.3) is 11.3 Å². The minimum Gasteiger partial charge on any atom is -0.328 e. The molecule has 0 aliphatic rings. The van der Waals surface area contributed by atoms with E-state index >= 15 is 0 Å². The van der Waals surface area contributed by atoms with Gasteiger partial charge in [0.2, 0.25) is 5.56 Å². The van der Waals surface area contributed by atoms with E-state index in [1.54, 1.807) is 23.6 Å². The number of aryl methyl sites for hydroxylation is 1. The van der Waals surface area contributed by atoms with E-state index in [9.17, 15) is 4.79 Å². The van der Waals surface area contributed by atoms with Gasteiger partial charge >= 0.3 is 0 Å². The van der Waals surface area contributed by atoms with Crippen molar-refractivity contribution in [2.45, 2.75) is 6.92 Å². The van der Waals surface area contributed by atoms with Crippen molar-refractivity contribution < 1.29 is 0 Å². The zero-order chi connectivity index (χ0) is 9.26. The summed E-state index contributed by atoms with van der Waals surface area (Å²) >= 11 is 1.60. The van der Waals surface area contributed by atoms with Crippen LogP contribution in [-0.4, -0.2) is 9.97 Å². The molecule has 66 valence electrons. The first-order valence-corrected chi connectivity index (χ1v) is 4.75. The molecule has 0 bridgehead atoms. The van der Waals surface area contributed by atoms with Crippen molar-refractivity contribution in [3.05, 3.63) is 39.1 Å². The molecule has 0 spiro atoms. The van der Waals surface area contributed by atoms with Crippen molar-refractivity contribution in [3.63, 3.8) is 0 Å². The van der Waals surface area contributed by atoms with Crippen molar-refractivity contribution in [2.24, 2.45) is 0 Å². The average Bonchev–Trinajstić information content (AvgIpc) is 2.53. The fourth-order valence-corrected chi connectivity index (χ4v) is 1.69. The molecule has 2 aromatic rings. The molecule has 0 radical (unpaired) electrons. The highest BCUT2D eigenvalue weighted by atomic mass is 32.1. The van der Waals surface area contributed by atoms with E-state index in [4.69, 9.17) is 0 Å². The number of aromatic nitrogens is 2. The quantitative estimate of drug-likeness (QED) is 0.749. The third-order valence-electron chi connectivity index (χ3n) is 1.70. The second-order valence-corrected chi connectivity index (χ2v) is 3.76. The van der Waals surface area contributed by atoms with Crippen LogP contribution in [0.2, 0.25) is 0 Å². The van der Waals surface area contributed by atoms with Gasteiger partial charge in [-0.3, -0.25) is 4.79 Å². The van der Waals surface area contributed by atoms with Gasteiger partial charge in [-0.15, -0.1) is 11.3 Å². The van der Waals surface area contributed by atoms with Gasteiger partial charge in [-0.25, -0.2) is 4.98 Å². The molecule has 0 atom stereocenters. The van der Waals surface area contributed by atoms with Gasteiger partial charge < -0.3 is 4.98 Å². The van der Waals surface area contributed by atoms with Crippen LogP contribution in [0, 0.1) is 6.92 Å². The Morgan fingerprint density at radius 3 is 2.85 bits per heavy atom. The van der Waals surface area contributed by atoms with E-state index in [-0.39, 0.29) is 5.56 Å². The number of pyridine rings is 1. The first-order chi connectivity index (χ1) is 6.25. The van der Waals surface area contributed by atoms with Crippen molar-refractivity contribution in [1.29, 1.82) is 0 Å². The maximum Gasteiger partial charge on any atom is 0.247 e. The number of aromatic amines is 1. The first kappa shape index (κ1) is 8.19. The molecule has 0 saturated heterocycles. The molecule has 4 heteroatoms. The Balaban J connectivity index is 2.47. The fraction of sp³-hybridized carbons (Fsp3) is 0.111. The summed E-state index contributed by atoms with van der Waals surface area (Å²) in [6.45, 7) is 1.96. The molecular weight excluding hydrogens is 184 g/mol. The Bertz CT molecular complexity index is 452. The van der Waals surface area contributed by atoms with Crippen molar-refractivity contribution >= 4 is 11.3 Å². The van der Waals surface area contributed by atoms with Crippen LogP contribution < -0.4 is 5.56 Å². The van der Waals surface area contributed by atoms with Crippen LogP contribution in [0.15, 0.2) is 28.5 Å². The van der Waals surface area contributed by atoms with Gasteiger partial charge in [-0.1, -0.05) is 0 Å².